The summed E-state index contributed by atoms with van der Waals surface area (Å²) in [6.07, 6.45) is 0. The first-order chi connectivity index (χ1) is 8.92. The number of thiazole rings is 1. The van der Waals surface area contributed by atoms with E-state index in [2.05, 4.69) is 44.6 Å². The van der Waals surface area contributed by atoms with Gasteiger partial charge in [-0.25, -0.2) is 4.98 Å². The molecular formula is C13H12N2S3. The third-order valence-electron chi connectivity index (χ3n) is 2.55. The second kappa shape index (κ2) is 5.75. The minimum atomic E-state index is 0.843. The fraction of sp³-hybridized carbons (Fsp3) is 0.154. The van der Waals surface area contributed by atoms with Gasteiger partial charge in [-0.15, -0.1) is 34.0 Å². The number of thiophene rings is 2. The highest BCUT2D eigenvalue weighted by Gasteiger charge is 2.03. The van der Waals surface area contributed by atoms with Crippen LogP contribution in [0.15, 0.2) is 39.8 Å². The highest BCUT2D eigenvalue weighted by atomic mass is 32.1. The fourth-order valence-corrected chi connectivity index (χ4v) is 3.89. The molecule has 0 aromatic carbocycles. The summed E-state index contributed by atoms with van der Waals surface area (Å²) < 4.78 is 0. The molecule has 2 nitrogen and oxygen atoms in total. The highest BCUT2D eigenvalue weighted by molar-refractivity contribution is 7.14. The Kier molecular flexibility index (Phi) is 3.85. The molecule has 3 rings (SSSR count). The molecule has 0 saturated heterocycles. The van der Waals surface area contributed by atoms with Crippen molar-refractivity contribution in [2.24, 2.45) is 0 Å². The van der Waals surface area contributed by atoms with E-state index in [0.29, 0.717) is 0 Å². The molecule has 0 spiro atoms. The smallest absolute Gasteiger partial charge is 0.0795 e. The minimum Gasteiger partial charge on any atom is -0.306 e. The first-order valence-corrected chi connectivity index (χ1v) is 8.31. The Morgan fingerprint density at radius 2 is 2.17 bits per heavy atom. The lowest BCUT2D eigenvalue weighted by molar-refractivity contribution is 0.690. The van der Waals surface area contributed by atoms with Crippen molar-refractivity contribution < 1.29 is 0 Å². The molecule has 3 aromatic rings. The molecule has 0 radical (unpaired) electrons. The molecule has 0 aliphatic heterocycles. The number of nitrogens with one attached hydrogen (secondary N) is 1. The maximum Gasteiger partial charge on any atom is 0.0795 e. The van der Waals surface area contributed by atoms with Gasteiger partial charge in [0.2, 0.25) is 0 Å². The van der Waals surface area contributed by atoms with Gasteiger partial charge in [0.25, 0.3) is 0 Å². The van der Waals surface area contributed by atoms with Crippen LogP contribution in [0.4, 0.5) is 0 Å². The van der Waals surface area contributed by atoms with E-state index in [4.69, 9.17) is 0 Å². The lowest BCUT2D eigenvalue weighted by Crippen LogP contribution is -2.11. The van der Waals surface area contributed by atoms with E-state index in [1.54, 1.807) is 22.7 Å². The van der Waals surface area contributed by atoms with Crippen molar-refractivity contribution in [3.63, 3.8) is 0 Å². The molecular weight excluding hydrogens is 280 g/mol. The Morgan fingerprint density at radius 1 is 1.17 bits per heavy atom. The van der Waals surface area contributed by atoms with Crippen LogP contribution in [0.25, 0.3) is 10.4 Å². The van der Waals surface area contributed by atoms with E-state index >= 15 is 0 Å². The monoisotopic (exact) mass is 292 g/mol. The van der Waals surface area contributed by atoms with Gasteiger partial charge >= 0.3 is 0 Å². The number of aromatic nitrogens is 1. The van der Waals surface area contributed by atoms with Crippen molar-refractivity contribution in [2.45, 2.75) is 13.1 Å². The summed E-state index contributed by atoms with van der Waals surface area (Å²) in [6.45, 7) is 1.75. The number of hydrogen-bond acceptors (Lipinski definition) is 5. The van der Waals surface area contributed by atoms with Gasteiger partial charge in [0.05, 0.1) is 11.2 Å². The number of rotatable bonds is 5. The second-order valence-corrected chi connectivity index (χ2v) is 6.52. The minimum absolute atomic E-state index is 0.843. The molecule has 3 aromatic heterocycles. The van der Waals surface area contributed by atoms with Crippen molar-refractivity contribution in [3.8, 4) is 10.4 Å². The molecule has 3 heterocycles. The molecule has 0 aliphatic carbocycles. The van der Waals surface area contributed by atoms with Gasteiger partial charge in [0.15, 0.2) is 0 Å². The van der Waals surface area contributed by atoms with Crippen LogP contribution < -0.4 is 5.32 Å². The van der Waals surface area contributed by atoms with Gasteiger partial charge < -0.3 is 5.32 Å². The molecule has 0 unspecified atom stereocenters. The zero-order chi connectivity index (χ0) is 12.2. The van der Waals surface area contributed by atoms with Crippen LogP contribution in [0.2, 0.25) is 0 Å². The Hall–Kier alpha value is -1.01. The summed E-state index contributed by atoms with van der Waals surface area (Å²) in [6, 6.07) is 6.53. The lowest BCUT2D eigenvalue weighted by atomic mass is 10.2. The Bertz CT molecular complexity index is 582. The zero-order valence-electron chi connectivity index (χ0n) is 9.63. The van der Waals surface area contributed by atoms with Crippen molar-refractivity contribution in [1.82, 2.24) is 10.3 Å². The topological polar surface area (TPSA) is 24.9 Å². The molecule has 1 N–H and O–H groups in total. The number of nitrogens with zero attached hydrogens (tertiary/aromatic N) is 1. The second-order valence-electron chi connectivity index (χ2n) is 3.86. The lowest BCUT2D eigenvalue weighted by Gasteiger charge is -1.99. The standard InChI is InChI=1S/C13H12N2S3/c1-2-13(17-3-1)10-4-12(18-7-10)6-14-5-11-8-16-9-15-11/h1-4,7-9,14H,5-6H2. The van der Waals surface area contributed by atoms with Crippen molar-refractivity contribution in [1.29, 1.82) is 0 Å². The first kappa shape index (κ1) is 12.0. The Labute approximate surface area is 118 Å². The fourth-order valence-electron chi connectivity index (χ4n) is 1.68. The van der Waals surface area contributed by atoms with Crippen molar-refractivity contribution in [2.75, 3.05) is 0 Å². The van der Waals surface area contributed by atoms with Gasteiger partial charge in [-0.1, -0.05) is 6.07 Å². The molecule has 0 aliphatic rings. The Morgan fingerprint density at radius 3 is 2.94 bits per heavy atom. The van der Waals surface area contributed by atoms with Crippen molar-refractivity contribution in [3.05, 3.63) is 50.4 Å². The molecule has 18 heavy (non-hydrogen) atoms. The summed E-state index contributed by atoms with van der Waals surface area (Å²) in [5.74, 6) is 0. The van der Waals surface area contributed by atoms with E-state index in [-0.39, 0.29) is 0 Å². The van der Waals surface area contributed by atoms with Gasteiger partial charge in [-0.3, -0.25) is 0 Å². The Balaban J connectivity index is 1.57. The summed E-state index contributed by atoms with van der Waals surface area (Å²) in [5.41, 5.74) is 4.33. The quantitative estimate of drug-likeness (QED) is 0.761. The molecule has 5 heteroatoms. The van der Waals surface area contributed by atoms with Crippen molar-refractivity contribution >= 4 is 34.0 Å². The maximum absolute atomic E-state index is 4.25. The van der Waals surface area contributed by atoms with Gasteiger partial charge in [0.1, 0.15) is 0 Å². The highest BCUT2D eigenvalue weighted by Crippen LogP contribution is 2.29. The summed E-state index contributed by atoms with van der Waals surface area (Å²) in [4.78, 5) is 6.97. The van der Waals surface area contributed by atoms with Crippen LogP contribution in [0.5, 0.6) is 0 Å². The van der Waals surface area contributed by atoms with E-state index < -0.39 is 0 Å². The molecule has 0 atom stereocenters. The van der Waals surface area contributed by atoms with Gasteiger partial charge in [-0.2, -0.15) is 0 Å². The molecule has 92 valence electrons. The van der Waals surface area contributed by atoms with Crippen LogP contribution in [0.1, 0.15) is 10.6 Å². The molecule has 0 saturated carbocycles. The van der Waals surface area contributed by atoms with E-state index in [1.807, 2.05) is 16.8 Å². The maximum atomic E-state index is 4.25. The van der Waals surface area contributed by atoms with Gasteiger partial charge in [0, 0.05) is 33.8 Å². The normalized spacial score (nSPS) is 10.9. The summed E-state index contributed by atoms with van der Waals surface area (Å²) in [7, 11) is 0. The predicted molar refractivity (Wildman–Crippen MR) is 80.3 cm³/mol. The van der Waals surface area contributed by atoms with E-state index in [1.165, 1.54) is 15.3 Å². The largest absolute Gasteiger partial charge is 0.306 e. The summed E-state index contributed by atoms with van der Waals surface area (Å²) in [5, 5.41) is 9.85. The van der Waals surface area contributed by atoms with E-state index in [0.717, 1.165) is 18.8 Å². The molecule has 0 amide bonds. The van der Waals surface area contributed by atoms with Crippen LogP contribution >= 0.6 is 34.0 Å². The molecule has 0 bridgehead atoms. The van der Waals surface area contributed by atoms with Crippen LogP contribution in [0.3, 0.4) is 0 Å². The third kappa shape index (κ3) is 2.87. The number of hydrogen-bond donors (Lipinski definition) is 1. The SMILES string of the molecule is c1csc(-c2csc(CNCc3cscn3)c2)c1. The van der Waals surface area contributed by atoms with Crippen LogP contribution in [-0.2, 0) is 13.1 Å². The zero-order valence-corrected chi connectivity index (χ0v) is 12.1. The average Bonchev–Trinajstić information content (AvgIpc) is 3.12. The van der Waals surface area contributed by atoms with Crippen LogP contribution in [0, 0.1) is 0 Å². The van der Waals surface area contributed by atoms with E-state index in [9.17, 15) is 0 Å². The van der Waals surface area contributed by atoms with Gasteiger partial charge in [-0.05, 0) is 22.9 Å². The predicted octanol–water partition coefficient (Wildman–Crippen LogP) is 4.22. The average molecular weight is 292 g/mol. The van der Waals surface area contributed by atoms with Crippen LogP contribution in [-0.4, -0.2) is 4.98 Å². The first-order valence-electron chi connectivity index (χ1n) is 5.61. The summed E-state index contributed by atoms with van der Waals surface area (Å²) >= 11 is 5.24. The molecule has 0 fully saturated rings. The third-order valence-corrected chi connectivity index (χ3v) is 5.04.